The average Bonchev–Trinajstić information content (AvgIpc) is 2.83. The van der Waals surface area contributed by atoms with Gasteiger partial charge in [-0.25, -0.2) is 18.4 Å². The van der Waals surface area contributed by atoms with Crippen molar-refractivity contribution in [3.8, 4) is 0 Å². The number of hydrogen-bond donors (Lipinski definition) is 1. The van der Waals surface area contributed by atoms with Crippen LogP contribution < -0.4 is 0 Å². The summed E-state index contributed by atoms with van der Waals surface area (Å²) in [4.78, 5) is 39.8. The van der Waals surface area contributed by atoms with Crippen LogP contribution in [-0.4, -0.2) is 70.8 Å². The number of ether oxygens (including phenoxy) is 2. The molecule has 2 heterocycles. The van der Waals surface area contributed by atoms with Gasteiger partial charge in [-0.15, -0.1) is 0 Å². The second-order valence-corrected chi connectivity index (χ2v) is 11.1. The molecule has 1 N–H and O–H groups in total. The third kappa shape index (κ3) is 7.79. The van der Waals surface area contributed by atoms with Gasteiger partial charge in [-0.05, 0) is 52.0 Å². The highest BCUT2D eigenvalue weighted by atomic mass is 19.3. The highest BCUT2D eigenvalue weighted by Crippen LogP contribution is 2.41. The van der Waals surface area contributed by atoms with Gasteiger partial charge in [-0.1, -0.05) is 36.8 Å². The minimum absolute atomic E-state index is 0.0757. The number of hydrogen-bond acceptors (Lipinski definition) is 5. The smallest absolute Gasteiger partial charge is 0.410 e. The summed E-state index contributed by atoms with van der Waals surface area (Å²) in [6.07, 6.45) is -0.470. The van der Waals surface area contributed by atoms with Crippen molar-refractivity contribution in [2.75, 3.05) is 26.2 Å². The van der Waals surface area contributed by atoms with E-state index in [1.807, 2.05) is 30.3 Å². The van der Waals surface area contributed by atoms with Crippen LogP contribution in [0.3, 0.4) is 0 Å². The molecule has 0 aliphatic carbocycles. The van der Waals surface area contributed by atoms with Crippen molar-refractivity contribution in [2.45, 2.75) is 77.4 Å². The zero-order valence-corrected chi connectivity index (χ0v) is 21.9. The first kappa shape index (κ1) is 28.7. The highest BCUT2D eigenvalue weighted by Gasteiger charge is 2.47. The number of aliphatic carboxylic acids is 1. The number of halogens is 2. The van der Waals surface area contributed by atoms with E-state index in [9.17, 15) is 28.3 Å². The molecule has 2 fully saturated rings. The maximum absolute atomic E-state index is 14.6. The Hall–Kier alpha value is -2.91. The quantitative estimate of drug-likeness (QED) is 0.502. The number of alkyl halides is 2. The van der Waals surface area contributed by atoms with Gasteiger partial charge in [-0.3, -0.25) is 4.79 Å². The Morgan fingerprint density at radius 2 is 1.62 bits per heavy atom. The molecule has 2 saturated heterocycles. The molecule has 2 aliphatic heterocycles. The molecule has 1 aromatic rings. The molecule has 0 spiro atoms. The normalized spacial score (nSPS) is 21.3. The van der Waals surface area contributed by atoms with Crippen LogP contribution in [0.25, 0.3) is 0 Å². The number of carbonyl (C=O) groups excluding carboxylic acids is 2. The van der Waals surface area contributed by atoms with Gasteiger partial charge in [-0.2, -0.15) is 0 Å². The predicted octanol–water partition coefficient (Wildman–Crippen LogP) is 5.55. The van der Waals surface area contributed by atoms with E-state index in [-0.39, 0.29) is 64.9 Å². The second-order valence-electron chi connectivity index (χ2n) is 11.1. The fourth-order valence-electron chi connectivity index (χ4n) is 4.96. The van der Waals surface area contributed by atoms with Crippen molar-refractivity contribution in [1.29, 1.82) is 0 Å². The number of carboxylic acid groups (broad SMARTS) is 1. The molecule has 10 heteroatoms. The topological polar surface area (TPSA) is 96.4 Å². The Morgan fingerprint density at radius 1 is 1.00 bits per heavy atom. The summed E-state index contributed by atoms with van der Waals surface area (Å²) in [5.41, 5.74) is -0.939. The molecular weight excluding hydrogens is 486 g/mol. The summed E-state index contributed by atoms with van der Waals surface area (Å²) in [5.74, 6) is -4.97. The first-order valence-corrected chi connectivity index (χ1v) is 12.9. The largest absolute Gasteiger partial charge is 0.481 e. The molecule has 206 valence electrons. The van der Waals surface area contributed by atoms with Gasteiger partial charge in [0.1, 0.15) is 12.2 Å². The van der Waals surface area contributed by atoms with E-state index in [1.165, 1.54) is 9.80 Å². The van der Waals surface area contributed by atoms with Crippen LogP contribution in [0.2, 0.25) is 0 Å². The number of amides is 2. The summed E-state index contributed by atoms with van der Waals surface area (Å²) in [5, 5.41) is 9.98. The van der Waals surface area contributed by atoms with Gasteiger partial charge in [0.05, 0.1) is 5.41 Å². The van der Waals surface area contributed by atoms with Crippen LogP contribution in [-0.2, 0) is 20.9 Å². The van der Waals surface area contributed by atoms with Crippen molar-refractivity contribution in [3.63, 3.8) is 0 Å². The molecule has 3 rings (SSSR count). The Morgan fingerprint density at radius 3 is 2.22 bits per heavy atom. The molecule has 2 amide bonds. The lowest BCUT2D eigenvalue weighted by atomic mass is 9.73. The Balaban J connectivity index is 1.51. The molecule has 2 aliphatic rings. The lowest BCUT2D eigenvalue weighted by molar-refractivity contribution is -0.152. The number of piperidine rings is 2. The molecule has 1 aromatic carbocycles. The van der Waals surface area contributed by atoms with Gasteiger partial charge in [0.15, 0.2) is 0 Å². The zero-order valence-electron chi connectivity index (χ0n) is 21.9. The molecule has 0 bridgehead atoms. The van der Waals surface area contributed by atoms with E-state index in [2.05, 4.69) is 0 Å². The standard InChI is InChI=1S/C27H38F2N2O6/c1-25(2,3)37-24(35)31-17-14-27(28,29)21(18-31)10-7-11-26(22(32)33)12-15-30(16-13-26)23(34)36-19-20-8-5-4-6-9-20/h4-6,8-9,21H,7,10-19H2,1-3H3,(H,32,33). The molecule has 0 radical (unpaired) electrons. The van der Waals surface area contributed by atoms with E-state index in [0.717, 1.165) is 5.56 Å². The second kappa shape index (κ2) is 11.6. The molecular formula is C27H38F2N2O6. The lowest BCUT2D eigenvalue weighted by Crippen LogP contribution is -2.50. The third-order valence-corrected chi connectivity index (χ3v) is 7.25. The first-order valence-electron chi connectivity index (χ1n) is 12.9. The Labute approximate surface area is 216 Å². The van der Waals surface area contributed by atoms with Crippen molar-refractivity contribution in [2.24, 2.45) is 11.3 Å². The van der Waals surface area contributed by atoms with Crippen LogP contribution in [0.1, 0.15) is 64.9 Å². The maximum atomic E-state index is 14.6. The van der Waals surface area contributed by atoms with Gasteiger partial charge >= 0.3 is 18.2 Å². The molecule has 37 heavy (non-hydrogen) atoms. The fraction of sp³-hybridized carbons (Fsp3) is 0.667. The van der Waals surface area contributed by atoms with E-state index in [4.69, 9.17) is 9.47 Å². The minimum atomic E-state index is -2.93. The number of carbonyl (C=O) groups is 3. The van der Waals surface area contributed by atoms with E-state index >= 15 is 0 Å². The molecule has 0 saturated carbocycles. The minimum Gasteiger partial charge on any atom is -0.481 e. The third-order valence-electron chi connectivity index (χ3n) is 7.25. The van der Waals surface area contributed by atoms with Crippen molar-refractivity contribution >= 4 is 18.2 Å². The van der Waals surface area contributed by atoms with E-state index < -0.39 is 47.4 Å². The summed E-state index contributed by atoms with van der Waals surface area (Å²) in [6, 6.07) is 9.27. The summed E-state index contributed by atoms with van der Waals surface area (Å²) in [7, 11) is 0. The number of nitrogens with zero attached hydrogens (tertiary/aromatic N) is 2. The zero-order chi connectivity index (χ0) is 27.3. The van der Waals surface area contributed by atoms with Crippen molar-refractivity contribution in [3.05, 3.63) is 35.9 Å². The van der Waals surface area contributed by atoms with Crippen LogP contribution in [0.5, 0.6) is 0 Å². The van der Waals surface area contributed by atoms with Crippen LogP contribution in [0.15, 0.2) is 30.3 Å². The number of carboxylic acids is 1. The lowest BCUT2D eigenvalue weighted by Gasteiger charge is -2.40. The molecule has 8 nitrogen and oxygen atoms in total. The van der Waals surface area contributed by atoms with Gasteiger partial charge in [0, 0.05) is 38.5 Å². The fourth-order valence-corrected chi connectivity index (χ4v) is 4.96. The molecule has 1 unspecified atom stereocenters. The van der Waals surface area contributed by atoms with Crippen LogP contribution in [0.4, 0.5) is 18.4 Å². The van der Waals surface area contributed by atoms with Crippen molar-refractivity contribution in [1.82, 2.24) is 9.80 Å². The SMILES string of the molecule is CC(C)(C)OC(=O)N1CCC(F)(F)C(CCCC2(C(=O)O)CCN(C(=O)OCc3ccccc3)CC2)C1. The first-order chi connectivity index (χ1) is 17.3. The van der Waals surface area contributed by atoms with Gasteiger partial charge < -0.3 is 24.4 Å². The summed E-state index contributed by atoms with van der Waals surface area (Å²) >= 11 is 0. The predicted molar refractivity (Wildman–Crippen MR) is 132 cm³/mol. The number of rotatable bonds is 7. The average molecular weight is 525 g/mol. The number of likely N-dealkylation sites (tertiary alicyclic amines) is 2. The van der Waals surface area contributed by atoms with Gasteiger partial charge in [0.2, 0.25) is 0 Å². The molecule has 1 atom stereocenters. The van der Waals surface area contributed by atoms with Gasteiger partial charge in [0.25, 0.3) is 5.92 Å². The van der Waals surface area contributed by atoms with Crippen LogP contribution in [0, 0.1) is 11.3 Å². The monoisotopic (exact) mass is 524 g/mol. The van der Waals surface area contributed by atoms with Crippen molar-refractivity contribution < 1.29 is 37.7 Å². The highest BCUT2D eigenvalue weighted by molar-refractivity contribution is 5.75. The summed E-state index contributed by atoms with van der Waals surface area (Å²) in [6.45, 7) is 5.56. The molecule has 0 aromatic heterocycles. The van der Waals surface area contributed by atoms with E-state index in [1.54, 1.807) is 20.8 Å². The van der Waals surface area contributed by atoms with E-state index in [0.29, 0.717) is 0 Å². The summed E-state index contributed by atoms with van der Waals surface area (Å²) < 4.78 is 40.0. The maximum Gasteiger partial charge on any atom is 0.410 e. The number of benzene rings is 1. The Bertz CT molecular complexity index is 942. The van der Waals surface area contributed by atoms with Crippen LogP contribution >= 0.6 is 0 Å². The Kier molecular flexibility index (Phi) is 9.02.